The summed E-state index contributed by atoms with van der Waals surface area (Å²) in [6.07, 6.45) is 5.36. The number of pyridine rings is 1. The van der Waals surface area contributed by atoms with Crippen molar-refractivity contribution in [3.8, 4) is 0 Å². The van der Waals surface area contributed by atoms with Crippen molar-refractivity contribution in [3.05, 3.63) is 47.8 Å². The first-order chi connectivity index (χ1) is 19.4. The van der Waals surface area contributed by atoms with Crippen LogP contribution in [0.15, 0.2) is 36.5 Å². The standard InChI is InChI=1S/C31H40N4O6/c1-18(2)26-27(36)33-19(3)28(37)35-14-8-10-25(34-35)29(38)40-20(4)21-11-12-22-17-32-24(16-23(22)15-21)9-7-13-31(5,6)30(39)41-26/h7,9,11-12,15-20,25-26,34H,8,10,13-14H2,1-6H3,(H,33,36). The molecule has 0 saturated carbocycles. The van der Waals surface area contributed by atoms with Gasteiger partial charge < -0.3 is 14.8 Å². The number of hydrogen-bond donors (Lipinski definition) is 2. The Bertz CT molecular complexity index is 1350. The van der Waals surface area contributed by atoms with E-state index >= 15 is 0 Å². The van der Waals surface area contributed by atoms with E-state index in [0.29, 0.717) is 25.8 Å². The molecule has 0 spiro atoms. The zero-order chi connectivity index (χ0) is 29.9. The fourth-order valence-corrected chi connectivity index (χ4v) is 4.88. The van der Waals surface area contributed by atoms with Crippen LogP contribution in [0.1, 0.15) is 78.2 Å². The second kappa shape index (κ2) is 12.4. The molecule has 1 aromatic carbocycles. The maximum atomic E-state index is 13.2. The molecular weight excluding hydrogens is 524 g/mol. The lowest BCUT2D eigenvalue weighted by molar-refractivity contribution is -0.167. The predicted octanol–water partition coefficient (Wildman–Crippen LogP) is 3.85. The lowest BCUT2D eigenvalue weighted by Crippen LogP contribution is -2.60. The van der Waals surface area contributed by atoms with Gasteiger partial charge in [-0.2, -0.15) is 0 Å². The summed E-state index contributed by atoms with van der Waals surface area (Å²) in [4.78, 5) is 57.1. The van der Waals surface area contributed by atoms with Gasteiger partial charge in [-0.25, -0.2) is 5.43 Å². The van der Waals surface area contributed by atoms with E-state index < -0.39 is 53.5 Å². The van der Waals surface area contributed by atoms with E-state index in [9.17, 15) is 19.2 Å². The van der Waals surface area contributed by atoms with Gasteiger partial charge in [0.25, 0.3) is 11.8 Å². The predicted molar refractivity (Wildman–Crippen MR) is 154 cm³/mol. The molecule has 2 amide bonds. The fraction of sp³-hybridized carbons (Fsp3) is 0.516. The summed E-state index contributed by atoms with van der Waals surface area (Å²) in [7, 11) is 0. The third-order valence-electron chi connectivity index (χ3n) is 7.56. The number of rotatable bonds is 1. The van der Waals surface area contributed by atoms with Crippen molar-refractivity contribution >= 4 is 40.6 Å². The van der Waals surface area contributed by atoms with Crippen molar-refractivity contribution in [2.45, 2.75) is 85.1 Å². The molecular formula is C31H40N4O6. The van der Waals surface area contributed by atoms with E-state index in [-0.39, 0.29) is 5.92 Å². The first kappa shape index (κ1) is 30.2. The molecule has 220 valence electrons. The Labute approximate surface area is 240 Å². The van der Waals surface area contributed by atoms with Crippen molar-refractivity contribution in [1.29, 1.82) is 0 Å². The van der Waals surface area contributed by atoms with Crippen molar-refractivity contribution in [3.63, 3.8) is 0 Å². The smallest absolute Gasteiger partial charge is 0.325 e. The van der Waals surface area contributed by atoms with Crippen molar-refractivity contribution < 1.29 is 28.7 Å². The van der Waals surface area contributed by atoms with Crippen LogP contribution in [0.5, 0.6) is 0 Å². The maximum Gasteiger partial charge on any atom is 0.325 e. The van der Waals surface area contributed by atoms with Crippen LogP contribution in [-0.4, -0.2) is 58.5 Å². The number of carbonyl (C=O) groups is 4. The van der Waals surface area contributed by atoms with E-state index in [2.05, 4.69) is 15.7 Å². The number of nitrogens with one attached hydrogen (secondary N) is 2. The molecule has 3 heterocycles. The highest BCUT2D eigenvalue weighted by Gasteiger charge is 2.37. The second-order valence-corrected chi connectivity index (χ2v) is 11.9. The van der Waals surface area contributed by atoms with Gasteiger partial charge in [-0.3, -0.25) is 29.2 Å². The summed E-state index contributed by atoms with van der Waals surface area (Å²) < 4.78 is 11.5. The third kappa shape index (κ3) is 7.11. The monoisotopic (exact) mass is 564 g/mol. The number of esters is 2. The van der Waals surface area contributed by atoms with Crippen LogP contribution in [0.3, 0.4) is 0 Å². The zero-order valence-corrected chi connectivity index (χ0v) is 24.6. The molecule has 4 atom stereocenters. The Morgan fingerprint density at radius 2 is 1.80 bits per heavy atom. The minimum atomic E-state index is -1.08. The lowest BCUT2D eigenvalue weighted by Gasteiger charge is -2.35. The number of amides is 2. The SMILES string of the molecule is CC1NC(=O)C(C(C)C)OC(=O)C(C)(C)CC=Cc2cc3cc(ccc3cn2)C(C)OC(=O)C2CCCN(N2)C1=O. The Morgan fingerprint density at radius 1 is 1.05 bits per heavy atom. The first-order valence-electron chi connectivity index (χ1n) is 14.2. The normalized spacial score (nSPS) is 26.4. The molecule has 0 aliphatic carbocycles. The molecule has 1 saturated heterocycles. The van der Waals surface area contributed by atoms with Crippen LogP contribution in [0.4, 0.5) is 0 Å². The third-order valence-corrected chi connectivity index (χ3v) is 7.56. The lowest BCUT2D eigenvalue weighted by atomic mass is 9.89. The zero-order valence-electron chi connectivity index (χ0n) is 24.6. The number of aromatic nitrogens is 1. The second-order valence-electron chi connectivity index (χ2n) is 11.9. The molecule has 0 radical (unpaired) electrons. The molecule has 2 aliphatic heterocycles. The van der Waals surface area contributed by atoms with Crippen LogP contribution in [0, 0.1) is 11.3 Å². The minimum absolute atomic E-state index is 0.320. The topological polar surface area (TPSA) is 127 Å². The molecule has 2 aromatic rings. The van der Waals surface area contributed by atoms with Gasteiger partial charge in [-0.15, -0.1) is 0 Å². The number of carbonyl (C=O) groups excluding carboxylic acids is 4. The number of fused-ring (bicyclic) bond motifs is 4. The highest BCUT2D eigenvalue weighted by Crippen LogP contribution is 2.27. The molecule has 10 nitrogen and oxygen atoms in total. The number of cyclic esters (lactones) is 2. The van der Waals surface area contributed by atoms with Gasteiger partial charge in [0, 0.05) is 18.1 Å². The Morgan fingerprint density at radius 3 is 2.54 bits per heavy atom. The van der Waals surface area contributed by atoms with Crippen LogP contribution < -0.4 is 10.7 Å². The van der Waals surface area contributed by atoms with E-state index in [0.717, 1.165) is 22.0 Å². The molecule has 2 N–H and O–H groups in total. The van der Waals surface area contributed by atoms with Crippen LogP contribution in [0.25, 0.3) is 16.8 Å². The Balaban J connectivity index is 1.66. The molecule has 2 aliphatic rings. The van der Waals surface area contributed by atoms with Crippen molar-refractivity contribution in [2.75, 3.05) is 6.54 Å². The highest BCUT2D eigenvalue weighted by molar-refractivity contribution is 5.91. The highest BCUT2D eigenvalue weighted by atomic mass is 16.6. The molecule has 4 rings (SSSR count). The summed E-state index contributed by atoms with van der Waals surface area (Å²) in [6, 6.07) is 6.14. The molecule has 5 bridgehead atoms. The number of benzene rings is 1. The maximum absolute atomic E-state index is 13.2. The van der Waals surface area contributed by atoms with Crippen molar-refractivity contribution in [2.24, 2.45) is 11.3 Å². The van der Waals surface area contributed by atoms with E-state index in [4.69, 9.17) is 9.47 Å². The van der Waals surface area contributed by atoms with Gasteiger partial charge in [0.05, 0.1) is 11.1 Å². The molecule has 1 fully saturated rings. The van der Waals surface area contributed by atoms with Crippen molar-refractivity contribution in [1.82, 2.24) is 20.7 Å². The van der Waals surface area contributed by atoms with E-state index in [1.807, 2.05) is 43.3 Å². The molecule has 4 unspecified atom stereocenters. The Hall–Kier alpha value is -3.79. The largest absolute Gasteiger partial charge is 0.457 e. The average molecular weight is 565 g/mol. The molecule has 10 heteroatoms. The minimum Gasteiger partial charge on any atom is -0.457 e. The van der Waals surface area contributed by atoms with Gasteiger partial charge >= 0.3 is 11.9 Å². The van der Waals surface area contributed by atoms with Gasteiger partial charge in [-0.1, -0.05) is 32.1 Å². The van der Waals surface area contributed by atoms with E-state index in [1.165, 1.54) is 5.01 Å². The first-order valence-corrected chi connectivity index (χ1v) is 14.2. The number of allylic oxidation sites excluding steroid dienone is 1. The van der Waals surface area contributed by atoms with Crippen LogP contribution >= 0.6 is 0 Å². The summed E-state index contributed by atoms with van der Waals surface area (Å²) in [5.74, 6) is -2.24. The number of ether oxygens (including phenoxy) is 2. The van der Waals surface area contributed by atoms with Crippen LogP contribution in [-0.2, 0) is 28.7 Å². The summed E-state index contributed by atoms with van der Waals surface area (Å²) in [5, 5.41) is 5.93. The van der Waals surface area contributed by atoms with Crippen LogP contribution in [0.2, 0.25) is 0 Å². The quantitative estimate of drug-likeness (QED) is 0.500. The van der Waals surface area contributed by atoms with E-state index in [1.54, 1.807) is 40.8 Å². The Kier molecular flexibility index (Phi) is 9.11. The average Bonchev–Trinajstić information content (AvgIpc) is 2.94. The van der Waals surface area contributed by atoms with Gasteiger partial charge in [0.15, 0.2) is 6.10 Å². The number of hydrazine groups is 1. The molecule has 1 aromatic heterocycles. The van der Waals surface area contributed by atoms with Gasteiger partial charge in [0.1, 0.15) is 18.2 Å². The number of nitrogens with zero attached hydrogens (tertiary/aromatic N) is 2. The summed E-state index contributed by atoms with van der Waals surface area (Å²) in [6.45, 7) is 10.8. The van der Waals surface area contributed by atoms with Gasteiger partial charge in [0.2, 0.25) is 0 Å². The van der Waals surface area contributed by atoms with Gasteiger partial charge in [-0.05, 0) is 82.0 Å². The summed E-state index contributed by atoms with van der Waals surface area (Å²) in [5.41, 5.74) is 3.62. The molecule has 41 heavy (non-hydrogen) atoms. The fourth-order valence-electron chi connectivity index (χ4n) is 4.88. The number of hydrogen-bond acceptors (Lipinski definition) is 8. The summed E-state index contributed by atoms with van der Waals surface area (Å²) >= 11 is 0.